The number of phenols is 1. The van der Waals surface area contributed by atoms with Crippen LogP contribution in [0.4, 0.5) is 0 Å². The Morgan fingerprint density at radius 3 is 2.30 bits per heavy atom. The molecule has 0 bridgehead atoms. The summed E-state index contributed by atoms with van der Waals surface area (Å²) in [5.74, 6) is -0.0726. The van der Waals surface area contributed by atoms with Gasteiger partial charge >= 0.3 is 11.8 Å². The van der Waals surface area contributed by atoms with E-state index in [9.17, 15) is 14.7 Å². The Morgan fingerprint density at radius 1 is 1.00 bits per heavy atom. The van der Waals surface area contributed by atoms with Crippen molar-refractivity contribution in [2.45, 2.75) is 19.4 Å². The Balaban J connectivity index is 1.86. The minimum absolute atomic E-state index is 0.186. The van der Waals surface area contributed by atoms with Crippen molar-refractivity contribution in [3.05, 3.63) is 53.6 Å². The molecule has 0 radical (unpaired) electrons. The Labute approximate surface area is 158 Å². The monoisotopic (exact) mass is 372 g/mol. The maximum absolute atomic E-state index is 12.1. The molecule has 2 aromatic carbocycles. The Hall–Kier alpha value is -3.22. The fraction of sp³-hybridized carbons (Fsp3) is 0.300. The van der Waals surface area contributed by atoms with Gasteiger partial charge in [0, 0.05) is 6.54 Å². The van der Waals surface area contributed by atoms with Crippen LogP contribution in [0.3, 0.4) is 0 Å². The molecule has 144 valence electrons. The highest BCUT2D eigenvalue weighted by molar-refractivity contribution is 6.35. The van der Waals surface area contributed by atoms with E-state index < -0.39 is 11.8 Å². The molecule has 0 saturated heterocycles. The molecule has 1 atom stereocenters. The van der Waals surface area contributed by atoms with E-state index >= 15 is 0 Å². The molecule has 7 nitrogen and oxygen atoms in total. The predicted octanol–water partition coefficient (Wildman–Crippen LogP) is 1.95. The first-order chi connectivity index (χ1) is 12.9. The summed E-state index contributed by atoms with van der Waals surface area (Å²) in [5, 5.41) is 14.5. The normalized spacial score (nSPS) is 11.4. The first-order valence-corrected chi connectivity index (χ1v) is 8.53. The molecule has 2 aromatic rings. The molecule has 0 heterocycles. The SMILES string of the molecule is COc1ccc(C(C)NC(=O)C(=O)NCCc2ccc(O)cc2)cc1OC. The van der Waals surface area contributed by atoms with E-state index in [1.165, 1.54) is 7.11 Å². The number of aromatic hydroxyl groups is 1. The van der Waals surface area contributed by atoms with Gasteiger partial charge in [-0.2, -0.15) is 0 Å². The molecule has 2 rings (SSSR count). The van der Waals surface area contributed by atoms with Crippen molar-refractivity contribution in [2.75, 3.05) is 20.8 Å². The van der Waals surface area contributed by atoms with E-state index in [1.807, 2.05) is 0 Å². The van der Waals surface area contributed by atoms with Gasteiger partial charge in [0.15, 0.2) is 11.5 Å². The lowest BCUT2D eigenvalue weighted by Crippen LogP contribution is -2.41. The van der Waals surface area contributed by atoms with Gasteiger partial charge in [0.1, 0.15) is 5.75 Å². The van der Waals surface area contributed by atoms with Crippen LogP contribution in [0.2, 0.25) is 0 Å². The van der Waals surface area contributed by atoms with Crippen LogP contribution in [-0.2, 0) is 16.0 Å². The lowest BCUT2D eigenvalue weighted by molar-refractivity contribution is -0.139. The highest BCUT2D eigenvalue weighted by Gasteiger charge is 2.17. The van der Waals surface area contributed by atoms with Crippen LogP contribution in [0.1, 0.15) is 24.1 Å². The van der Waals surface area contributed by atoms with Crippen molar-refractivity contribution in [3.63, 3.8) is 0 Å². The second kappa shape index (κ2) is 9.47. The first kappa shape index (κ1) is 20.1. The van der Waals surface area contributed by atoms with E-state index in [2.05, 4.69) is 10.6 Å². The maximum atomic E-state index is 12.1. The topological polar surface area (TPSA) is 96.9 Å². The average molecular weight is 372 g/mol. The predicted molar refractivity (Wildman–Crippen MR) is 101 cm³/mol. The van der Waals surface area contributed by atoms with Gasteiger partial charge in [-0.25, -0.2) is 0 Å². The summed E-state index contributed by atoms with van der Waals surface area (Å²) in [6, 6.07) is 11.6. The molecule has 0 aromatic heterocycles. The lowest BCUT2D eigenvalue weighted by atomic mass is 10.1. The van der Waals surface area contributed by atoms with E-state index in [0.717, 1.165) is 11.1 Å². The average Bonchev–Trinajstić information content (AvgIpc) is 2.68. The quantitative estimate of drug-likeness (QED) is 0.646. The molecule has 3 N–H and O–H groups in total. The Kier molecular flexibility index (Phi) is 7.05. The zero-order valence-corrected chi connectivity index (χ0v) is 15.6. The fourth-order valence-electron chi connectivity index (χ4n) is 2.53. The minimum Gasteiger partial charge on any atom is -0.508 e. The van der Waals surface area contributed by atoms with Crippen molar-refractivity contribution >= 4 is 11.8 Å². The smallest absolute Gasteiger partial charge is 0.309 e. The molecule has 0 saturated carbocycles. The van der Waals surface area contributed by atoms with Gasteiger partial charge in [0.25, 0.3) is 0 Å². The third-order valence-electron chi connectivity index (χ3n) is 4.10. The van der Waals surface area contributed by atoms with Crippen LogP contribution in [0.25, 0.3) is 0 Å². The third-order valence-corrected chi connectivity index (χ3v) is 4.10. The molecule has 0 aliphatic heterocycles. The van der Waals surface area contributed by atoms with Gasteiger partial charge in [-0.15, -0.1) is 0 Å². The molecule has 0 aliphatic rings. The van der Waals surface area contributed by atoms with Crippen molar-refractivity contribution in [3.8, 4) is 17.2 Å². The summed E-state index contributed by atoms with van der Waals surface area (Å²) in [6.45, 7) is 2.10. The van der Waals surface area contributed by atoms with Gasteiger partial charge < -0.3 is 25.2 Å². The first-order valence-electron chi connectivity index (χ1n) is 8.53. The number of amides is 2. The number of rotatable bonds is 7. The molecule has 0 aliphatic carbocycles. The highest BCUT2D eigenvalue weighted by atomic mass is 16.5. The highest BCUT2D eigenvalue weighted by Crippen LogP contribution is 2.29. The molecular weight excluding hydrogens is 348 g/mol. The number of hydrogen-bond donors (Lipinski definition) is 3. The van der Waals surface area contributed by atoms with Crippen LogP contribution in [0.5, 0.6) is 17.2 Å². The van der Waals surface area contributed by atoms with Gasteiger partial charge in [-0.3, -0.25) is 9.59 Å². The fourth-order valence-corrected chi connectivity index (χ4v) is 2.53. The Morgan fingerprint density at radius 2 is 1.67 bits per heavy atom. The van der Waals surface area contributed by atoms with E-state index in [0.29, 0.717) is 24.5 Å². The molecule has 0 fully saturated rings. The summed E-state index contributed by atoms with van der Waals surface area (Å²) < 4.78 is 10.4. The van der Waals surface area contributed by atoms with Crippen LogP contribution in [0.15, 0.2) is 42.5 Å². The molecule has 0 spiro atoms. The number of ether oxygens (including phenoxy) is 2. The van der Waals surface area contributed by atoms with Gasteiger partial charge in [0.2, 0.25) is 0 Å². The summed E-state index contributed by atoms with van der Waals surface area (Å²) in [5.41, 5.74) is 1.74. The van der Waals surface area contributed by atoms with E-state index in [-0.39, 0.29) is 11.8 Å². The maximum Gasteiger partial charge on any atom is 0.309 e. The molecule has 1 unspecified atom stereocenters. The zero-order valence-electron chi connectivity index (χ0n) is 15.6. The van der Waals surface area contributed by atoms with Crippen molar-refractivity contribution in [1.82, 2.24) is 10.6 Å². The van der Waals surface area contributed by atoms with E-state index in [4.69, 9.17) is 9.47 Å². The number of phenolic OH excluding ortho intramolecular Hbond substituents is 1. The Bertz CT molecular complexity index is 789. The number of carbonyl (C=O) groups excluding carboxylic acids is 2. The number of hydrogen-bond acceptors (Lipinski definition) is 5. The molecular formula is C20H24N2O5. The lowest BCUT2D eigenvalue weighted by Gasteiger charge is -2.16. The van der Waals surface area contributed by atoms with Gasteiger partial charge in [-0.1, -0.05) is 18.2 Å². The third kappa shape index (κ3) is 5.64. The van der Waals surface area contributed by atoms with Crippen molar-refractivity contribution in [2.24, 2.45) is 0 Å². The number of carbonyl (C=O) groups is 2. The van der Waals surface area contributed by atoms with Crippen LogP contribution in [0, 0.1) is 0 Å². The van der Waals surface area contributed by atoms with Crippen LogP contribution < -0.4 is 20.1 Å². The number of methoxy groups -OCH3 is 2. The largest absolute Gasteiger partial charge is 0.508 e. The van der Waals surface area contributed by atoms with Gasteiger partial charge in [0.05, 0.1) is 20.3 Å². The van der Waals surface area contributed by atoms with Crippen LogP contribution >= 0.6 is 0 Å². The summed E-state index contributed by atoms with van der Waals surface area (Å²) in [7, 11) is 3.08. The molecule has 7 heteroatoms. The second-order valence-electron chi connectivity index (χ2n) is 5.98. The number of benzene rings is 2. The van der Waals surface area contributed by atoms with E-state index in [1.54, 1.807) is 56.5 Å². The molecule has 27 heavy (non-hydrogen) atoms. The van der Waals surface area contributed by atoms with Crippen molar-refractivity contribution in [1.29, 1.82) is 0 Å². The standard InChI is InChI=1S/C20H24N2O5/c1-13(15-6-9-17(26-2)18(12-15)27-3)22-20(25)19(24)21-11-10-14-4-7-16(23)8-5-14/h4-9,12-13,23H,10-11H2,1-3H3,(H,21,24)(H,22,25). The zero-order chi connectivity index (χ0) is 19.8. The van der Waals surface area contributed by atoms with Crippen molar-refractivity contribution < 1.29 is 24.2 Å². The number of nitrogens with one attached hydrogen (secondary N) is 2. The summed E-state index contributed by atoms with van der Waals surface area (Å²) >= 11 is 0. The van der Waals surface area contributed by atoms with Crippen LogP contribution in [-0.4, -0.2) is 37.7 Å². The summed E-state index contributed by atoms with van der Waals surface area (Å²) in [4.78, 5) is 24.0. The molecule has 2 amide bonds. The minimum atomic E-state index is -0.706. The van der Waals surface area contributed by atoms with Gasteiger partial charge in [-0.05, 0) is 48.7 Å². The second-order valence-corrected chi connectivity index (χ2v) is 5.98. The summed E-state index contributed by atoms with van der Waals surface area (Å²) in [6.07, 6.45) is 0.560.